The van der Waals surface area contributed by atoms with Gasteiger partial charge >= 0.3 is 0 Å². The average Bonchev–Trinajstić information content (AvgIpc) is 2.80. The first-order valence-electron chi connectivity index (χ1n) is 10.8. The predicted octanol–water partition coefficient (Wildman–Crippen LogP) is 5.10. The third-order valence-corrected chi connectivity index (χ3v) is 4.72. The summed E-state index contributed by atoms with van der Waals surface area (Å²) in [6.45, 7) is 2.69. The van der Waals surface area contributed by atoms with Gasteiger partial charge in [-0.1, -0.05) is 43.3 Å². The maximum Gasteiger partial charge on any atom is 0.243 e. The Morgan fingerprint density at radius 3 is 2.16 bits per heavy atom. The number of carbonyl (C=O) groups is 2. The molecule has 0 saturated heterocycles. The molecule has 3 aromatic carbocycles. The summed E-state index contributed by atoms with van der Waals surface area (Å²) in [6, 6.07) is 24.9. The number of anilines is 3. The molecule has 0 atom stereocenters. The molecule has 0 aliphatic rings. The van der Waals surface area contributed by atoms with Gasteiger partial charge in [0, 0.05) is 29.9 Å². The topological polar surface area (TPSA) is 79.5 Å². The Morgan fingerprint density at radius 1 is 0.781 bits per heavy atom. The lowest BCUT2D eigenvalue weighted by Crippen LogP contribution is -2.21. The maximum absolute atomic E-state index is 12.3. The van der Waals surface area contributed by atoms with Crippen LogP contribution in [0.2, 0.25) is 0 Å². The van der Waals surface area contributed by atoms with E-state index in [0.717, 1.165) is 24.3 Å². The largest absolute Gasteiger partial charge is 0.493 e. The Balaban J connectivity index is 1.41. The minimum absolute atomic E-state index is 0.0369. The highest BCUT2D eigenvalue weighted by molar-refractivity contribution is 5.95. The third kappa shape index (κ3) is 7.80. The van der Waals surface area contributed by atoms with E-state index in [9.17, 15) is 9.59 Å². The van der Waals surface area contributed by atoms with E-state index in [2.05, 4.69) is 28.1 Å². The first-order chi connectivity index (χ1) is 15.6. The molecule has 0 aromatic heterocycles. The first kappa shape index (κ1) is 22.9. The van der Waals surface area contributed by atoms with Crippen LogP contribution >= 0.6 is 0 Å². The van der Waals surface area contributed by atoms with E-state index in [4.69, 9.17) is 4.74 Å². The second kappa shape index (κ2) is 12.2. The second-order valence-corrected chi connectivity index (χ2v) is 7.39. The smallest absolute Gasteiger partial charge is 0.243 e. The van der Waals surface area contributed by atoms with Crippen molar-refractivity contribution >= 4 is 28.9 Å². The highest BCUT2D eigenvalue weighted by Gasteiger charge is 2.05. The van der Waals surface area contributed by atoms with Gasteiger partial charge in [0.15, 0.2) is 0 Å². The Bertz CT molecular complexity index is 1000. The lowest BCUT2D eigenvalue weighted by Gasteiger charge is -2.11. The third-order valence-electron chi connectivity index (χ3n) is 4.72. The highest BCUT2D eigenvalue weighted by atomic mass is 16.5. The summed E-state index contributed by atoms with van der Waals surface area (Å²) < 4.78 is 5.79. The van der Waals surface area contributed by atoms with E-state index in [1.165, 1.54) is 5.56 Å². The van der Waals surface area contributed by atoms with Crippen molar-refractivity contribution in [2.45, 2.75) is 26.2 Å². The predicted molar refractivity (Wildman–Crippen MR) is 129 cm³/mol. The zero-order chi connectivity index (χ0) is 22.6. The van der Waals surface area contributed by atoms with E-state index < -0.39 is 0 Å². The lowest BCUT2D eigenvalue weighted by molar-refractivity contribution is -0.116. The number of carbonyl (C=O) groups excluding carboxylic acids is 2. The van der Waals surface area contributed by atoms with Gasteiger partial charge in [0.05, 0.1) is 13.2 Å². The molecule has 0 aliphatic heterocycles. The van der Waals surface area contributed by atoms with Crippen LogP contribution in [-0.4, -0.2) is 25.0 Å². The molecule has 6 heteroatoms. The van der Waals surface area contributed by atoms with E-state index in [1.54, 1.807) is 24.3 Å². The van der Waals surface area contributed by atoms with Gasteiger partial charge in [-0.05, 0) is 54.4 Å². The van der Waals surface area contributed by atoms with Gasteiger partial charge in [-0.15, -0.1) is 0 Å². The maximum atomic E-state index is 12.3. The zero-order valence-corrected chi connectivity index (χ0v) is 18.3. The molecule has 0 saturated carbocycles. The quantitative estimate of drug-likeness (QED) is 0.395. The van der Waals surface area contributed by atoms with Crippen molar-refractivity contribution < 1.29 is 14.3 Å². The zero-order valence-electron chi connectivity index (χ0n) is 18.3. The van der Waals surface area contributed by atoms with Crippen LogP contribution in [0, 0.1) is 0 Å². The van der Waals surface area contributed by atoms with E-state index in [1.807, 2.05) is 49.4 Å². The van der Waals surface area contributed by atoms with Gasteiger partial charge < -0.3 is 20.7 Å². The molecule has 0 spiro atoms. The number of nitrogens with one attached hydrogen (secondary N) is 3. The van der Waals surface area contributed by atoms with Crippen molar-refractivity contribution in [3.8, 4) is 5.75 Å². The number of hydrogen-bond donors (Lipinski definition) is 3. The summed E-state index contributed by atoms with van der Waals surface area (Å²) in [7, 11) is 0. The molecular formula is C26H29N3O3. The van der Waals surface area contributed by atoms with Gasteiger partial charge in [0.1, 0.15) is 5.75 Å². The van der Waals surface area contributed by atoms with Crippen LogP contribution in [0.1, 0.15) is 25.3 Å². The summed E-state index contributed by atoms with van der Waals surface area (Å²) in [5, 5.41) is 8.76. The summed E-state index contributed by atoms with van der Waals surface area (Å²) in [5.41, 5.74) is 3.37. The second-order valence-electron chi connectivity index (χ2n) is 7.39. The van der Waals surface area contributed by atoms with Gasteiger partial charge in [-0.25, -0.2) is 0 Å². The molecule has 32 heavy (non-hydrogen) atoms. The Kier molecular flexibility index (Phi) is 8.69. The number of benzene rings is 3. The minimum Gasteiger partial charge on any atom is -0.493 e. The molecule has 166 valence electrons. The first-order valence-corrected chi connectivity index (χ1v) is 10.8. The number of hydrogen-bond acceptors (Lipinski definition) is 4. The van der Waals surface area contributed by atoms with Crippen LogP contribution in [-0.2, 0) is 16.0 Å². The Labute approximate surface area is 189 Å². The molecule has 0 unspecified atom stereocenters. The summed E-state index contributed by atoms with van der Waals surface area (Å²) in [6.07, 6.45) is 2.11. The molecule has 0 aliphatic carbocycles. The monoisotopic (exact) mass is 431 g/mol. The van der Waals surface area contributed by atoms with Gasteiger partial charge in [-0.3, -0.25) is 9.59 Å². The fraction of sp³-hybridized carbons (Fsp3) is 0.231. The van der Waals surface area contributed by atoms with E-state index in [-0.39, 0.29) is 18.4 Å². The van der Waals surface area contributed by atoms with Gasteiger partial charge in [0.2, 0.25) is 11.8 Å². The van der Waals surface area contributed by atoms with Crippen molar-refractivity contribution in [2.75, 3.05) is 29.1 Å². The van der Waals surface area contributed by atoms with Gasteiger partial charge in [0.25, 0.3) is 0 Å². The highest BCUT2D eigenvalue weighted by Crippen LogP contribution is 2.17. The molecule has 2 amide bonds. The Hall–Kier alpha value is -3.80. The summed E-state index contributed by atoms with van der Waals surface area (Å²) >= 11 is 0. The number of amides is 2. The van der Waals surface area contributed by atoms with E-state index >= 15 is 0 Å². The summed E-state index contributed by atoms with van der Waals surface area (Å²) in [5.74, 6) is 0.577. The van der Waals surface area contributed by atoms with Crippen molar-refractivity contribution in [2.24, 2.45) is 0 Å². The molecule has 3 rings (SSSR count). The normalized spacial score (nSPS) is 10.3. The standard InChI is InChI=1S/C26H29N3O3/c1-2-7-25(30)28-22-10-6-11-23(18-22)29-26(31)19-27-21-12-14-24(15-13-21)32-17-16-20-8-4-3-5-9-20/h3-6,8-15,18,27H,2,7,16-17,19H2,1H3,(H,28,30)(H,29,31). The van der Waals surface area contributed by atoms with E-state index in [0.29, 0.717) is 24.4 Å². The van der Waals surface area contributed by atoms with Crippen LogP contribution in [0.25, 0.3) is 0 Å². The van der Waals surface area contributed by atoms with Gasteiger partial charge in [-0.2, -0.15) is 0 Å². The minimum atomic E-state index is -0.176. The van der Waals surface area contributed by atoms with Crippen LogP contribution in [0.5, 0.6) is 5.75 Å². The van der Waals surface area contributed by atoms with Crippen LogP contribution in [0.15, 0.2) is 78.9 Å². The van der Waals surface area contributed by atoms with Crippen molar-refractivity contribution in [3.63, 3.8) is 0 Å². The SMILES string of the molecule is CCCC(=O)Nc1cccc(NC(=O)CNc2ccc(OCCc3ccccc3)cc2)c1. The molecule has 0 fully saturated rings. The molecule has 3 N–H and O–H groups in total. The average molecular weight is 432 g/mol. The van der Waals surface area contributed by atoms with Crippen molar-refractivity contribution in [1.29, 1.82) is 0 Å². The molecule has 3 aromatic rings. The fourth-order valence-electron chi connectivity index (χ4n) is 3.11. The van der Waals surface area contributed by atoms with Crippen molar-refractivity contribution in [3.05, 3.63) is 84.4 Å². The Morgan fingerprint density at radius 2 is 1.47 bits per heavy atom. The van der Waals surface area contributed by atoms with Crippen molar-refractivity contribution in [1.82, 2.24) is 0 Å². The molecule has 0 bridgehead atoms. The van der Waals surface area contributed by atoms with Crippen LogP contribution in [0.3, 0.4) is 0 Å². The summed E-state index contributed by atoms with van der Waals surface area (Å²) in [4.78, 5) is 24.0. The van der Waals surface area contributed by atoms with Crippen LogP contribution in [0.4, 0.5) is 17.1 Å². The lowest BCUT2D eigenvalue weighted by atomic mass is 10.2. The molecule has 6 nitrogen and oxygen atoms in total. The number of rotatable bonds is 11. The number of ether oxygens (including phenoxy) is 1. The molecule has 0 heterocycles. The van der Waals surface area contributed by atoms with Crippen LogP contribution < -0.4 is 20.7 Å². The molecular weight excluding hydrogens is 402 g/mol. The fourth-order valence-corrected chi connectivity index (χ4v) is 3.11. The molecule has 0 radical (unpaired) electrons.